The third-order valence-corrected chi connectivity index (χ3v) is 6.57. The fourth-order valence-electron chi connectivity index (χ4n) is 3.32. The van der Waals surface area contributed by atoms with E-state index in [1.807, 2.05) is 6.07 Å². The Balaban J connectivity index is 1.43. The minimum atomic E-state index is -0.734. The maximum Gasteiger partial charge on any atom is 0.228 e. The van der Waals surface area contributed by atoms with Crippen LogP contribution in [0.1, 0.15) is 5.56 Å². The molecule has 2 N–H and O–H groups in total. The van der Waals surface area contributed by atoms with Crippen molar-refractivity contribution in [2.24, 2.45) is 0 Å². The molecule has 0 spiro atoms. The Morgan fingerprint density at radius 2 is 1.97 bits per heavy atom. The first-order chi connectivity index (χ1) is 16.0. The Labute approximate surface area is 200 Å². The van der Waals surface area contributed by atoms with Crippen LogP contribution in [0.3, 0.4) is 0 Å². The van der Waals surface area contributed by atoms with Crippen LogP contribution < -0.4 is 14.8 Å². The minimum absolute atomic E-state index is 0.0437. The highest BCUT2D eigenvalue weighted by molar-refractivity contribution is 8.00. The van der Waals surface area contributed by atoms with E-state index in [4.69, 9.17) is 16.3 Å². The van der Waals surface area contributed by atoms with Gasteiger partial charge in [0.15, 0.2) is 11.6 Å². The molecule has 0 bridgehead atoms. The van der Waals surface area contributed by atoms with E-state index < -0.39 is 11.6 Å². The molecule has 0 unspecified atom stereocenters. The normalized spacial score (nSPS) is 12.4. The zero-order valence-corrected chi connectivity index (χ0v) is 19.0. The number of fused-ring (bicyclic) bond motifs is 1. The molecule has 0 saturated heterocycles. The first-order valence-electron chi connectivity index (χ1n) is 9.55. The molecule has 4 aromatic rings. The second kappa shape index (κ2) is 8.97. The molecule has 1 aliphatic heterocycles. The van der Waals surface area contributed by atoms with Gasteiger partial charge in [0.2, 0.25) is 11.0 Å². The third-order valence-electron chi connectivity index (χ3n) is 4.80. The number of nitrogens with one attached hydrogen (secondary N) is 2. The highest BCUT2D eigenvalue weighted by Crippen LogP contribution is 2.39. The number of carbonyl (C=O) groups is 1. The van der Waals surface area contributed by atoms with Crippen LogP contribution in [-0.2, 0) is 11.2 Å². The summed E-state index contributed by atoms with van der Waals surface area (Å²) in [6, 6.07) is 12.3. The van der Waals surface area contributed by atoms with Crippen molar-refractivity contribution in [3.8, 4) is 22.6 Å². The molecule has 1 aromatic heterocycles. The standard InChI is InChI=1S/C22H13ClF2N4O2S2/c23-13-2-4-18(14(7-13)11-1-3-17-12(5-11)6-21(30)28-17)31-19-8-16(25)20(9-15(19)24)32-29-22-26-10-27-33-22/h1-5,7-10H,6H2,(H,28,30)(H,26,27,29). The molecule has 0 fully saturated rings. The number of rotatable bonds is 6. The van der Waals surface area contributed by atoms with Crippen molar-refractivity contribution in [1.82, 2.24) is 9.36 Å². The number of anilines is 2. The molecule has 166 valence electrons. The molecule has 6 nitrogen and oxygen atoms in total. The van der Waals surface area contributed by atoms with E-state index in [1.54, 1.807) is 30.3 Å². The maximum absolute atomic E-state index is 14.8. The molecule has 0 atom stereocenters. The van der Waals surface area contributed by atoms with Crippen molar-refractivity contribution in [2.75, 3.05) is 10.0 Å². The van der Waals surface area contributed by atoms with Crippen molar-refractivity contribution in [3.05, 3.63) is 77.1 Å². The lowest BCUT2D eigenvalue weighted by Crippen LogP contribution is -2.03. The molecule has 11 heteroatoms. The number of benzene rings is 3. The zero-order valence-electron chi connectivity index (χ0n) is 16.6. The largest absolute Gasteiger partial charge is 0.454 e. The average Bonchev–Trinajstić information content (AvgIpc) is 3.44. The molecule has 1 aliphatic rings. The Bertz CT molecular complexity index is 1370. The Morgan fingerprint density at radius 1 is 1.09 bits per heavy atom. The summed E-state index contributed by atoms with van der Waals surface area (Å²) in [5.74, 6) is -1.45. The van der Waals surface area contributed by atoms with Gasteiger partial charge in [0.05, 0.1) is 11.3 Å². The van der Waals surface area contributed by atoms with Gasteiger partial charge in [-0.2, -0.15) is 4.37 Å². The van der Waals surface area contributed by atoms with Crippen LogP contribution in [0, 0.1) is 11.6 Å². The van der Waals surface area contributed by atoms with Gasteiger partial charge in [0.1, 0.15) is 17.9 Å². The molecule has 5 rings (SSSR count). The summed E-state index contributed by atoms with van der Waals surface area (Å²) < 4.78 is 41.8. The molecule has 33 heavy (non-hydrogen) atoms. The van der Waals surface area contributed by atoms with Gasteiger partial charge >= 0.3 is 0 Å². The van der Waals surface area contributed by atoms with Crippen molar-refractivity contribution in [1.29, 1.82) is 0 Å². The first kappa shape index (κ1) is 21.6. The summed E-state index contributed by atoms with van der Waals surface area (Å²) in [5.41, 5.74) is 2.90. The highest BCUT2D eigenvalue weighted by Gasteiger charge is 2.20. The number of ether oxygens (including phenoxy) is 1. The fraction of sp³-hybridized carbons (Fsp3) is 0.0455. The molecular formula is C22H13ClF2N4O2S2. The SMILES string of the molecule is O=C1Cc2cc(-c3cc(Cl)ccc3Oc3cc(F)c(SNc4ncns4)cc3F)ccc2N1. The predicted octanol–water partition coefficient (Wildman–Crippen LogP) is 6.54. The number of amides is 1. The molecule has 0 aliphatic carbocycles. The van der Waals surface area contributed by atoms with Crippen LogP contribution in [0.4, 0.5) is 19.6 Å². The van der Waals surface area contributed by atoms with Crippen molar-refractivity contribution in [2.45, 2.75) is 11.3 Å². The van der Waals surface area contributed by atoms with Gasteiger partial charge in [-0.1, -0.05) is 17.7 Å². The summed E-state index contributed by atoms with van der Waals surface area (Å²) in [5, 5.41) is 3.70. The van der Waals surface area contributed by atoms with Crippen molar-refractivity contribution < 1.29 is 18.3 Å². The quantitative estimate of drug-likeness (QED) is 0.291. The van der Waals surface area contributed by atoms with E-state index in [1.165, 1.54) is 6.33 Å². The average molecular weight is 503 g/mol. The third kappa shape index (κ3) is 4.63. The lowest BCUT2D eigenvalue weighted by atomic mass is 10.0. The second-order valence-electron chi connectivity index (χ2n) is 7.00. The Hall–Kier alpha value is -3.21. The molecule has 0 radical (unpaired) electrons. The number of aromatic nitrogens is 2. The van der Waals surface area contributed by atoms with Crippen LogP contribution in [0.15, 0.2) is 59.8 Å². The van der Waals surface area contributed by atoms with E-state index in [0.717, 1.165) is 52.4 Å². The van der Waals surface area contributed by atoms with Crippen LogP contribution in [0.5, 0.6) is 11.5 Å². The first-order valence-corrected chi connectivity index (χ1v) is 11.5. The number of carbonyl (C=O) groups excluding carboxylic acids is 1. The predicted molar refractivity (Wildman–Crippen MR) is 125 cm³/mol. The van der Waals surface area contributed by atoms with Crippen LogP contribution in [0.25, 0.3) is 11.1 Å². The smallest absolute Gasteiger partial charge is 0.228 e. The second-order valence-corrected chi connectivity index (χ2v) is 9.07. The summed E-state index contributed by atoms with van der Waals surface area (Å²) in [6.45, 7) is 0. The van der Waals surface area contributed by atoms with E-state index in [-0.39, 0.29) is 23.0 Å². The summed E-state index contributed by atoms with van der Waals surface area (Å²) in [7, 11) is 0. The number of halogens is 3. The van der Waals surface area contributed by atoms with Crippen LogP contribution in [0.2, 0.25) is 5.02 Å². The molecule has 1 amide bonds. The summed E-state index contributed by atoms with van der Waals surface area (Å²) >= 11 is 8.17. The fourth-order valence-corrected chi connectivity index (χ4v) is 4.62. The van der Waals surface area contributed by atoms with Crippen LogP contribution in [-0.4, -0.2) is 15.3 Å². The van der Waals surface area contributed by atoms with Crippen molar-refractivity contribution in [3.63, 3.8) is 0 Å². The molecule has 3 aromatic carbocycles. The summed E-state index contributed by atoms with van der Waals surface area (Å²) in [4.78, 5) is 15.6. The topological polar surface area (TPSA) is 76.1 Å². The Morgan fingerprint density at radius 3 is 2.79 bits per heavy atom. The van der Waals surface area contributed by atoms with E-state index >= 15 is 0 Å². The van der Waals surface area contributed by atoms with Crippen molar-refractivity contribution >= 4 is 51.8 Å². The number of hydrogen-bond acceptors (Lipinski definition) is 7. The minimum Gasteiger partial charge on any atom is -0.454 e. The van der Waals surface area contributed by atoms with Crippen LogP contribution >= 0.6 is 35.1 Å². The van der Waals surface area contributed by atoms with Gasteiger partial charge in [-0.15, -0.1) is 0 Å². The van der Waals surface area contributed by atoms with Gasteiger partial charge in [-0.25, -0.2) is 13.8 Å². The number of nitrogens with zero attached hydrogens (tertiary/aromatic N) is 2. The van der Waals surface area contributed by atoms with Gasteiger partial charge in [0, 0.05) is 33.9 Å². The molecule has 0 saturated carbocycles. The van der Waals surface area contributed by atoms with Gasteiger partial charge in [0.25, 0.3) is 0 Å². The van der Waals surface area contributed by atoms with Gasteiger partial charge < -0.3 is 14.8 Å². The van der Waals surface area contributed by atoms with E-state index in [2.05, 4.69) is 19.4 Å². The summed E-state index contributed by atoms with van der Waals surface area (Å²) in [6.07, 6.45) is 1.63. The van der Waals surface area contributed by atoms with Gasteiger partial charge in [-0.05, 0) is 59.5 Å². The number of hydrogen-bond donors (Lipinski definition) is 2. The molecule has 2 heterocycles. The lowest BCUT2D eigenvalue weighted by molar-refractivity contribution is -0.115. The molecular weight excluding hydrogens is 490 g/mol. The Kier molecular flexibility index (Phi) is 5.88. The lowest BCUT2D eigenvalue weighted by Gasteiger charge is -2.14. The zero-order chi connectivity index (χ0) is 22.9. The van der Waals surface area contributed by atoms with E-state index in [0.29, 0.717) is 21.5 Å². The highest BCUT2D eigenvalue weighted by atomic mass is 35.5. The van der Waals surface area contributed by atoms with Gasteiger partial charge in [-0.3, -0.25) is 4.79 Å². The monoisotopic (exact) mass is 502 g/mol. The maximum atomic E-state index is 14.8. The van der Waals surface area contributed by atoms with E-state index in [9.17, 15) is 13.6 Å².